The molecule has 1 aromatic rings. The minimum absolute atomic E-state index is 0.523. The number of hydrogen-bond acceptors (Lipinski definition) is 2. The Kier molecular flexibility index (Phi) is 4.84. The van der Waals surface area contributed by atoms with E-state index in [0.717, 1.165) is 37.2 Å². The van der Waals surface area contributed by atoms with Gasteiger partial charge in [-0.15, -0.1) is 0 Å². The first kappa shape index (κ1) is 14.9. The van der Waals surface area contributed by atoms with Crippen LogP contribution in [0.4, 0.5) is 0 Å². The second-order valence-electron chi connectivity index (χ2n) is 6.70. The van der Waals surface area contributed by atoms with Gasteiger partial charge in [0.2, 0.25) is 0 Å². The van der Waals surface area contributed by atoms with Crippen molar-refractivity contribution in [3.8, 4) is 5.75 Å². The highest BCUT2D eigenvalue weighted by Gasteiger charge is 2.29. The van der Waals surface area contributed by atoms with E-state index in [-0.39, 0.29) is 0 Å². The van der Waals surface area contributed by atoms with E-state index in [2.05, 4.69) is 37.4 Å². The maximum Gasteiger partial charge on any atom is 0.122 e. The number of nitrogens with one attached hydrogen (secondary N) is 1. The van der Waals surface area contributed by atoms with Crippen LogP contribution >= 0.6 is 0 Å². The highest BCUT2D eigenvalue weighted by molar-refractivity contribution is 5.41. The van der Waals surface area contributed by atoms with Crippen molar-refractivity contribution in [1.29, 1.82) is 0 Å². The monoisotopic (exact) mass is 287 g/mol. The van der Waals surface area contributed by atoms with Gasteiger partial charge < -0.3 is 10.1 Å². The van der Waals surface area contributed by atoms with Gasteiger partial charge in [0.25, 0.3) is 0 Å². The summed E-state index contributed by atoms with van der Waals surface area (Å²) in [4.78, 5) is 0. The van der Waals surface area contributed by atoms with Crippen LogP contribution in [0.25, 0.3) is 0 Å². The topological polar surface area (TPSA) is 21.3 Å². The highest BCUT2D eigenvalue weighted by Crippen LogP contribution is 2.39. The third-order valence-electron chi connectivity index (χ3n) is 5.37. The van der Waals surface area contributed by atoms with Gasteiger partial charge in [-0.25, -0.2) is 0 Å². The van der Waals surface area contributed by atoms with Gasteiger partial charge >= 0.3 is 0 Å². The summed E-state index contributed by atoms with van der Waals surface area (Å²) in [6, 6.07) is 7.38. The van der Waals surface area contributed by atoms with Gasteiger partial charge in [-0.05, 0) is 48.4 Å². The molecule has 2 nitrogen and oxygen atoms in total. The van der Waals surface area contributed by atoms with Gasteiger partial charge in [-0.1, -0.05) is 45.2 Å². The molecule has 21 heavy (non-hydrogen) atoms. The fourth-order valence-electron chi connectivity index (χ4n) is 4.18. The van der Waals surface area contributed by atoms with Crippen molar-refractivity contribution in [2.24, 2.45) is 11.8 Å². The van der Waals surface area contributed by atoms with E-state index >= 15 is 0 Å². The maximum absolute atomic E-state index is 5.65. The molecule has 1 fully saturated rings. The molecule has 0 radical (unpaired) electrons. The molecule has 1 aliphatic heterocycles. The van der Waals surface area contributed by atoms with Crippen LogP contribution in [0, 0.1) is 11.8 Å². The number of fused-ring (bicyclic) bond motifs is 1. The van der Waals surface area contributed by atoms with Gasteiger partial charge in [-0.3, -0.25) is 0 Å². The zero-order valence-corrected chi connectivity index (χ0v) is 13.5. The molecule has 3 atom stereocenters. The average Bonchev–Trinajstić information content (AvgIpc) is 3.00. The third-order valence-corrected chi connectivity index (χ3v) is 5.37. The summed E-state index contributed by atoms with van der Waals surface area (Å²) in [6.45, 7) is 6.48. The first-order chi connectivity index (χ1) is 10.3. The number of benzene rings is 1. The van der Waals surface area contributed by atoms with E-state index in [1.54, 1.807) is 0 Å². The largest absolute Gasteiger partial charge is 0.493 e. The Labute approximate surface area is 129 Å². The minimum atomic E-state index is 0.523. The van der Waals surface area contributed by atoms with Crippen LogP contribution < -0.4 is 10.1 Å². The lowest BCUT2D eigenvalue weighted by molar-refractivity contribution is 0.210. The maximum atomic E-state index is 5.65. The number of hydrogen-bond donors (Lipinski definition) is 1. The predicted octanol–water partition coefficient (Wildman–Crippen LogP) is 4.49. The fourth-order valence-corrected chi connectivity index (χ4v) is 4.18. The van der Waals surface area contributed by atoms with Crippen molar-refractivity contribution >= 4 is 0 Å². The molecule has 0 spiro atoms. The molecule has 1 N–H and O–H groups in total. The standard InChI is InChI=1S/C19H29NO/c1-3-14-6-5-7-16(12-14)19(20-4-2)17-8-9-18-15(13-17)10-11-21-18/h8-9,13-14,16,19-20H,3-7,10-12H2,1-2H3. The molecule has 2 heteroatoms. The molecule has 0 amide bonds. The molecule has 116 valence electrons. The molecular formula is C19H29NO. The van der Waals surface area contributed by atoms with E-state index in [0.29, 0.717) is 6.04 Å². The minimum Gasteiger partial charge on any atom is -0.493 e. The number of ether oxygens (including phenoxy) is 1. The average molecular weight is 287 g/mol. The van der Waals surface area contributed by atoms with Crippen molar-refractivity contribution in [2.75, 3.05) is 13.2 Å². The summed E-state index contributed by atoms with van der Waals surface area (Å²) in [5.41, 5.74) is 2.88. The summed E-state index contributed by atoms with van der Waals surface area (Å²) in [5.74, 6) is 2.83. The zero-order chi connectivity index (χ0) is 14.7. The summed E-state index contributed by atoms with van der Waals surface area (Å²) >= 11 is 0. The van der Waals surface area contributed by atoms with Crippen molar-refractivity contribution in [1.82, 2.24) is 5.32 Å². The molecule has 3 unspecified atom stereocenters. The Morgan fingerprint density at radius 3 is 3.00 bits per heavy atom. The van der Waals surface area contributed by atoms with E-state index < -0.39 is 0 Å². The molecule has 1 aliphatic carbocycles. The smallest absolute Gasteiger partial charge is 0.122 e. The summed E-state index contributed by atoms with van der Waals surface area (Å²) in [7, 11) is 0. The summed E-state index contributed by atoms with van der Waals surface area (Å²) in [6.07, 6.45) is 8.02. The molecule has 3 rings (SSSR count). The third kappa shape index (κ3) is 3.26. The Hall–Kier alpha value is -1.02. The van der Waals surface area contributed by atoms with Crippen molar-refractivity contribution in [2.45, 2.75) is 58.4 Å². The Bertz CT molecular complexity index is 471. The molecule has 1 heterocycles. The second kappa shape index (κ2) is 6.83. The summed E-state index contributed by atoms with van der Waals surface area (Å²) < 4.78 is 5.65. The van der Waals surface area contributed by atoms with Gasteiger partial charge in [0.05, 0.1) is 6.61 Å². The van der Waals surface area contributed by atoms with Crippen molar-refractivity contribution in [3.63, 3.8) is 0 Å². The number of rotatable bonds is 5. The Morgan fingerprint density at radius 1 is 1.29 bits per heavy atom. The van der Waals surface area contributed by atoms with Crippen molar-refractivity contribution in [3.05, 3.63) is 29.3 Å². The van der Waals surface area contributed by atoms with Crippen molar-refractivity contribution < 1.29 is 4.74 Å². The van der Waals surface area contributed by atoms with E-state index in [9.17, 15) is 0 Å². The molecule has 0 aromatic heterocycles. The fraction of sp³-hybridized carbons (Fsp3) is 0.684. The van der Waals surface area contributed by atoms with Crippen LogP contribution in [0.3, 0.4) is 0 Å². The Balaban J connectivity index is 1.80. The molecule has 1 saturated carbocycles. The van der Waals surface area contributed by atoms with Crippen LogP contribution in [0.15, 0.2) is 18.2 Å². The first-order valence-corrected chi connectivity index (χ1v) is 8.80. The quantitative estimate of drug-likeness (QED) is 0.861. The molecular weight excluding hydrogens is 258 g/mol. The molecule has 1 aromatic carbocycles. The van der Waals surface area contributed by atoms with Crippen LogP contribution in [-0.4, -0.2) is 13.2 Å². The van der Waals surface area contributed by atoms with Gasteiger partial charge in [0.15, 0.2) is 0 Å². The van der Waals surface area contributed by atoms with E-state index in [4.69, 9.17) is 4.74 Å². The Morgan fingerprint density at radius 2 is 2.19 bits per heavy atom. The summed E-state index contributed by atoms with van der Waals surface area (Å²) in [5, 5.41) is 3.76. The highest BCUT2D eigenvalue weighted by atomic mass is 16.5. The lowest BCUT2D eigenvalue weighted by Gasteiger charge is -2.35. The second-order valence-corrected chi connectivity index (χ2v) is 6.70. The predicted molar refractivity (Wildman–Crippen MR) is 87.8 cm³/mol. The zero-order valence-electron chi connectivity index (χ0n) is 13.5. The SMILES string of the molecule is CCNC(c1ccc2c(c1)CCO2)C1CCCC(CC)C1. The lowest BCUT2D eigenvalue weighted by Crippen LogP contribution is -2.31. The normalized spacial score (nSPS) is 26.2. The van der Waals surface area contributed by atoms with Crippen LogP contribution in [-0.2, 0) is 6.42 Å². The van der Waals surface area contributed by atoms with E-state index in [1.807, 2.05) is 0 Å². The molecule has 0 saturated heterocycles. The lowest BCUT2D eigenvalue weighted by atomic mass is 9.75. The molecule has 0 bridgehead atoms. The van der Waals surface area contributed by atoms with Crippen LogP contribution in [0.5, 0.6) is 5.75 Å². The van der Waals surface area contributed by atoms with Gasteiger partial charge in [-0.2, -0.15) is 0 Å². The first-order valence-electron chi connectivity index (χ1n) is 8.80. The van der Waals surface area contributed by atoms with Crippen LogP contribution in [0.2, 0.25) is 0 Å². The van der Waals surface area contributed by atoms with E-state index in [1.165, 1.54) is 43.2 Å². The van der Waals surface area contributed by atoms with Gasteiger partial charge in [0.1, 0.15) is 5.75 Å². The molecule has 2 aliphatic rings. The van der Waals surface area contributed by atoms with Gasteiger partial charge in [0, 0.05) is 12.5 Å². The van der Waals surface area contributed by atoms with Crippen LogP contribution in [0.1, 0.15) is 63.1 Å².